The minimum atomic E-state index is -0.0933. The van der Waals surface area contributed by atoms with E-state index in [9.17, 15) is 5.11 Å². The Morgan fingerprint density at radius 2 is 2.05 bits per heavy atom. The van der Waals surface area contributed by atoms with Crippen molar-refractivity contribution < 1.29 is 5.11 Å². The Labute approximate surface area is 125 Å². The van der Waals surface area contributed by atoms with E-state index in [1.165, 1.54) is 19.6 Å². The van der Waals surface area contributed by atoms with E-state index in [0.29, 0.717) is 12.1 Å². The van der Waals surface area contributed by atoms with Crippen molar-refractivity contribution in [3.8, 4) is 0 Å². The lowest BCUT2D eigenvalue weighted by Gasteiger charge is -2.39. The summed E-state index contributed by atoms with van der Waals surface area (Å²) < 4.78 is 0. The molecular formula is C16H35N3O. The van der Waals surface area contributed by atoms with Crippen LogP contribution in [0.5, 0.6) is 0 Å². The van der Waals surface area contributed by atoms with Crippen molar-refractivity contribution in [1.29, 1.82) is 0 Å². The number of nitrogens with one attached hydrogen (secondary N) is 1. The van der Waals surface area contributed by atoms with Crippen LogP contribution in [0.4, 0.5) is 0 Å². The van der Waals surface area contributed by atoms with Crippen molar-refractivity contribution in [2.24, 2.45) is 0 Å². The topological polar surface area (TPSA) is 38.7 Å². The zero-order valence-corrected chi connectivity index (χ0v) is 14.2. The summed E-state index contributed by atoms with van der Waals surface area (Å²) in [5.41, 5.74) is -0.0933. The smallest absolute Gasteiger partial charge is 0.0613 e. The van der Waals surface area contributed by atoms with Crippen LogP contribution < -0.4 is 5.32 Å². The standard InChI is InChI=1S/C16H35N3O/c1-6-16(13-20,17-14(2)3)8-7-9-19-11-10-18(5)12-15(19)4/h14-15,17,20H,6-13H2,1-5H3. The molecule has 1 aliphatic heterocycles. The third-order valence-corrected chi connectivity index (χ3v) is 4.64. The van der Waals surface area contributed by atoms with Crippen LogP contribution in [0, 0.1) is 0 Å². The summed E-state index contributed by atoms with van der Waals surface area (Å²) in [7, 11) is 2.20. The van der Waals surface area contributed by atoms with Crippen LogP contribution in [0.1, 0.15) is 47.0 Å². The first-order chi connectivity index (χ1) is 9.42. The predicted octanol–water partition coefficient (Wildman–Crippen LogP) is 1.54. The van der Waals surface area contributed by atoms with E-state index >= 15 is 0 Å². The number of piperazine rings is 1. The SMILES string of the molecule is CCC(CO)(CCCN1CCN(C)CC1C)NC(C)C. The highest BCUT2D eigenvalue weighted by atomic mass is 16.3. The van der Waals surface area contributed by atoms with Crippen LogP contribution in [-0.4, -0.2) is 72.4 Å². The molecule has 1 heterocycles. The molecule has 0 radical (unpaired) electrons. The van der Waals surface area contributed by atoms with Crippen LogP contribution in [-0.2, 0) is 0 Å². The zero-order chi connectivity index (χ0) is 15.2. The van der Waals surface area contributed by atoms with Crippen LogP contribution in [0.3, 0.4) is 0 Å². The van der Waals surface area contributed by atoms with Crippen LogP contribution in [0.15, 0.2) is 0 Å². The molecule has 20 heavy (non-hydrogen) atoms. The Morgan fingerprint density at radius 3 is 2.55 bits per heavy atom. The number of nitrogens with zero attached hydrogens (tertiary/aromatic N) is 2. The molecule has 2 unspecified atom stereocenters. The molecule has 0 amide bonds. The first-order valence-corrected chi connectivity index (χ1v) is 8.23. The summed E-state index contributed by atoms with van der Waals surface area (Å²) in [4.78, 5) is 5.00. The van der Waals surface area contributed by atoms with Gasteiger partial charge in [-0.2, -0.15) is 0 Å². The van der Waals surface area contributed by atoms with Gasteiger partial charge in [0, 0.05) is 37.3 Å². The van der Waals surface area contributed by atoms with Crippen LogP contribution in [0.25, 0.3) is 0 Å². The maximum Gasteiger partial charge on any atom is 0.0613 e. The fourth-order valence-electron chi connectivity index (χ4n) is 3.33. The fourth-order valence-corrected chi connectivity index (χ4v) is 3.33. The summed E-state index contributed by atoms with van der Waals surface area (Å²) in [5, 5.41) is 13.3. The molecule has 0 aliphatic carbocycles. The van der Waals surface area contributed by atoms with Crippen molar-refractivity contribution in [3.63, 3.8) is 0 Å². The predicted molar refractivity (Wildman–Crippen MR) is 86.1 cm³/mol. The van der Waals surface area contributed by atoms with E-state index < -0.39 is 0 Å². The lowest BCUT2D eigenvalue weighted by molar-refractivity contribution is 0.0877. The number of hydrogen-bond acceptors (Lipinski definition) is 4. The lowest BCUT2D eigenvalue weighted by Crippen LogP contribution is -2.53. The maximum atomic E-state index is 9.77. The van der Waals surface area contributed by atoms with Gasteiger partial charge in [0.15, 0.2) is 0 Å². The van der Waals surface area contributed by atoms with Crippen molar-refractivity contribution >= 4 is 0 Å². The van der Waals surface area contributed by atoms with E-state index in [0.717, 1.165) is 25.8 Å². The highest BCUT2D eigenvalue weighted by molar-refractivity contribution is 4.88. The van der Waals surface area contributed by atoms with Crippen LogP contribution >= 0.6 is 0 Å². The molecule has 2 N–H and O–H groups in total. The van der Waals surface area contributed by atoms with Crippen molar-refractivity contribution in [2.45, 2.75) is 64.6 Å². The van der Waals surface area contributed by atoms with Gasteiger partial charge in [-0.25, -0.2) is 0 Å². The van der Waals surface area contributed by atoms with E-state index in [4.69, 9.17) is 0 Å². The largest absolute Gasteiger partial charge is 0.394 e. The molecule has 0 aromatic carbocycles. The summed E-state index contributed by atoms with van der Waals surface area (Å²) in [6.07, 6.45) is 3.19. The van der Waals surface area contributed by atoms with Gasteiger partial charge in [-0.15, -0.1) is 0 Å². The van der Waals surface area contributed by atoms with Crippen LogP contribution in [0.2, 0.25) is 0 Å². The molecule has 2 atom stereocenters. The monoisotopic (exact) mass is 285 g/mol. The number of rotatable bonds is 8. The molecule has 0 aromatic heterocycles. The molecule has 0 spiro atoms. The van der Waals surface area contributed by atoms with E-state index in [1.807, 2.05) is 0 Å². The average molecular weight is 285 g/mol. The second-order valence-corrected chi connectivity index (χ2v) is 6.84. The quantitative estimate of drug-likeness (QED) is 0.710. The molecule has 4 heteroatoms. The molecule has 0 aromatic rings. The number of likely N-dealkylation sites (N-methyl/N-ethyl adjacent to an activating group) is 1. The highest BCUT2D eigenvalue weighted by Gasteiger charge is 2.28. The first kappa shape index (κ1) is 17.9. The molecule has 1 saturated heterocycles. The molecule has 0 saturated carbocycles. The lowest BCUT2D eigenvalue weighted by atomic mass is 9.90. The van der Waals surface area contributed by atoms with Gasteiger partial charge in [0.05, 0.1) is 6.61 Å². The van der Waals surface area contributed by atoms with Gasteiger partial charge in [0.1, 0.15) is 0 Å². The maximum absolute atomic E-state index is 9.77. The summed E-state index contributed by atoms with van der Waals surface area (Å²) in [6.45, 7) is 13.7. The Morgan fingerprint density at radius 1 is 1.35 bits per heavy atom. The normalized spacial score (nSPS) is 25.1. The molecule has 4 nitrogen and oxygen atoms in total. The van der Waals surface area contributed by atoms with Crippen molar-refractivity contribution in [3.05, 3.63) is 0 Å². The van der Waals surface area contributed by atoms with E-state index in [2.05, 4.69) is 49.9 Å². The number of hydrogen-bond donors (Lipinski definition) is 2. The Hall–Kier alpha value is -0.160. The van der Waals surface area contributed by atoms with E-state index in [1.54, 1.807) is 0 Å². The van der Waals surface area contributed by atoms with Gasteiger partial charge in [0.2, 0.25) is 0 Å². The molecular weight excluding hydrogens is 250 g/mol. The van der Waals surface area contributed by atoms with Gasteiger partial charge in [-0.1, -0.05) is 20.8 Å². The van der Waals surface area contributed by atoms with Crippen molar-refractivity contribution in [2.75, 3.05) is 39.8 Å². The Kier molecular flexibility index (Phi) is 7.45. The minimum Gasteiger partial charge on any atom is -0.394 e. The highest BCUT2D eigenvalue weighted by Crippen LogP contribution is 2.19. The summed E-state index contributed by atoms with van der Waals surface area (Å²) in [5.74, 6) is 0. The Bertz CT molecular complexity index is 266. The number of aliphatic hydroxyl groups is 1. The van der Waals surface area contributed by atoms with E-state index in [-0.39, 0.29) is 12.1 Å². The summed E-state index contributed by atoms with van der Waals surface area (Å²) >= 11 is 0. The third-order valence-electron chi connectivity index (χ3n) is 4.64. The first-order valence-electron chi connectivity index (χ1n) is 8.23. The number of aliphatic hydroxyl groups excluding tert-OH is 1. The van der Waals surface area contributed by atoms with Gasteiger partial charge >= 0.3 is 0 Å². The molecule has 1 fully saturated rings. The van der Waals surface area contributed by atoms with Gasteiger partial charge in [-0.05, 0) is 39.8 Å². The van der Waals surface area contributed by atoms with Gasteiger partial charge < -0.3 is 15.3 Å². The second-order valence-electron chi connectivity index (χ2n) is 6.84. The molecule has 0 bridgehead atoms. The zero-order valence-electron chi connectivity index (χ0n) is 14.2. The van der Waals surface area contributed by atoms with Crippen molar-refractivity contribution in [1.82, 2.24) is 15.1 Å². The third kappa shape index (κ3) is 5.32. The summed E-state index contributed by atoms with van der Waals surface area (Å²) in [6, 6.07) is 1.07. The Balaban J connectivity index is 2.40. The molecule has 1 aliphatic rings. The fraction of sp³-hybridized carbons (Fsp3) is 1.00. The van der Waals surface area contributed by atoms with Gasteiger partial charge in [0.25, 0.3) is 0 Å². The van der Waals surface area contributed by atoms with Gasteiger partial charge in [-0.3, -0.25) is 4.90 Å². The second kappa shape index (κ2) is 8.32. The average Bonchev–Trinajstić information content (AvgIpc) is 2.39. The minimum absolute atomic E-state index is 0.0933. The molecule has 120 valence electrons. The molecule has 1 rings (SSSR count).